The van der Waals surface area contributed by atoms with Crippen molar-refractivity contribution in [2.24, 2.45) is 0 Å². The van der Waals surface area contributed by atoms with Gasteiger partial charge in [-0.3, -0.25) is 4.79 Å². The summed E-state index contributed by atoms with van der Waals surface area (Å²) in [5.41, 5.74) is -1.43. The van der Waals surface area contributed by atoms with Gasteiger partial charge in [-0.25, -0.2) is 13.8 Å². The molecule has 0 saturated heterocycles. The van der Waals surface area contributed by atoms with Crippen LogP contribution in [0.15, 0.2) is 6.20 Å². The Bertz CT molecular complexity index is 395. The molecule has 1 aromatic heterocycles. The second-order valence-corrected chi connectivity index (χ2v) is 2.70. The zero-order chi connectivity index (χ0) is 11.6. The quantitative estimate of drug-likeness (QED) is 0.758. The third-order valence-electron chi connectivity index (χ3n) is 1.71. The monoisotopic (exact) mass is 221 g/mol. The van der Waals surface area contributed by atoms with Crippen molar-refractivity contribution in [1.29, 1.82) is 0 Å². The average molecular weight is 221 g/mol. The van der Waals surface area contributed by atoms with Crippen LogP contribution in [0, 0.1) is 5.95 Å². The van der Waals surface area contributed by atoms with Crippen molar-refractivity contribution in [3.05, 3.63) is 23.3 Å². The minimum absolute atomic E-state index is 0.512. The summed E-state index contributed by atoms with van der Waals surface area (Å²) in [7, 11) is 0. The Morgan fingerprint density at radius 3 is 2.60 bits per heavy atom. The molecule has 0 aromatic carbocycles. The van der Waals surface area contributed by atoms with E-state index in [1.807, 2.05) is 0 Å². The van der Waals surface area contributed by atoms with Gasteiger partial charge in [-0.2, -0.15) is 4.39 Å². The van der Waals surface area contributed by atoms with Gasteiger partial charge in [0.2, 0.25) is 0 Å². The van der Waals surface area contributed by atoms with Crippen LogP contribution in [0.5, 0.6) is 5.75 Å². The molecule has 1 rings (SSSR count). The highest BCUT2D eigenvalue weighted by Crippen LogP contribution is 2.30. The largest absolute Gasteiger partial charge is 0.503 e. The molecule has 0 atom stereocenters. The Kier molecular flexibility index (Phi) is 3.13. The first-order chi connectivity index (χ1) is 6.93. The highest BCUT2D eigenvalue weighted by molar-refractivity contribution is 5.72. The fourth-order valence-corrected chi connectivity index (χ4v) is 1.05. The summed E-state index contributed by atoms with van der Waals surface area (Å²) in [6.07, 6.45) is -3.39. The van der Waals surface area contributed by atoms with Gasteiger partial charge in [0.1, 0.15) is 0 Å². The van der Waals surface area contributed by atoms with Gasteiger partial charge >= 0.3 is 5.97 Å². The van der Waals surface area contributed by atoms with E-state index in [9.17, 15) is 18.0 Å². The fraction of sp³-hybridized carbons (Fsp3) is 0.250. The Balaban J connectivity index is 3.28. The number of alkyl halides is 2. The molecule has 0 aliphatic carbocycles. The van der Waals surface area contributed by atoms with Crippen LogP contribution in [0.4, 0.5) is 13.2 Å². The molecule has 0 aliphatic rings. The summed E-state index contributed by atoms with van der Waals surface area (Å²) >= 11 is 0. The second-order valence-electron chi connectivity index (χ2n) is 2.70. The van der Waals surface area contributed by atoms with Crippen molar-refractivity contribution in [3.8, 4) is 5.75 Å². The molecule has 1 heterocycles. The van der Waals surface area contributed by atoms with E-state index in [4.69, 9.17) is 10.2 Å². The third kappa shape index (κ3) is 2.36. The Hall–Kier alpha value is -1.79. The standard InChI is InChI=1S/C8H6F3NO3/c9-7(10)4-2-12-8(11)6(15)3(4)1-5(13)14/h2,7,15H,1H2,(H,13,14). The van der Waals surface area contributed by atoms with Crippen LogP contribution in [0.2, 0.25) is 0 Å². The molecule has 0 bridgehead atoms. The highest BCUT2D eigenvalue weighted by Gasteiger charge is 2.21. The summed E-state index contributed by atoms with van der Waals surface area (Å²) in [6, 6.07) is 0. The van der Waals surface area contributed by atoms with Crippen LogP contribution in [-0.2, 0) is 11.2 Å². The van der Waals surface area contributed by atoms with Gasteiger partial charge < -0.3 is 10.2 Å². The summed E-state index contributed by atoms with van der Waals surface area (Å²) < 4.78 is 37.3. The Morgan fingerprint density at radius 1 is 1.53 bits per heavy atom. The lowest BCUT2D eigenvalue weighted by atomic mass is 10.1. The van der Waals surface area contributed by atoms with Gasteiger partial charge in [-0.15, -0.1) is 0 Å². The van der Waals surface area contributed by atoms with Gasteiger partial charge in [0, 0.05) is 17.3 Å². The predicted molar refractivity (Wildman–Crippen MR) is 42.2 cm³/mol. The van der Waals surface area contributed by atoms with E-state index in [0.717, 1.165) is 0 Å². The summed E-state index contributed by atoms with van der Waals surface area (Å²) in [5, 5.41) is 17.4. The van der Waals surface area contributed by atoms with Crippen molar-refractivity contribution >= 4 is 5.97 Å². The van der Waals surface area contributed by atoms with Gasteiger partial charge in [0.15, 0.2) is 5.75 Å². The zero-order valence-electron chi connectivity index (χ0n) is 7.25. The number of aliphatic carboxylic acids is 1. The maximum atomic E-state index is 12.7. The number of carboxylic acid groups (broad SMARTS) is 1. The van der Waals surface area contributed by atoms with Gasteiger partial charge in [-0.05, 0) is 0 Å². The van der Waals surface area contributed by atoms with Crippen LogP contribution >= 0.6 is 0 Å². The predicted octanol–water partition coefficient (Wildman–Crippen LogP) is 1.49. The first-order valence-corrected chi connectivity index (χ1v) is 3.79. The van der Waals surface area contributed by atoms with Crippen molar-refractivity contribution < 1.29 is 28.2 Å². The van der Waals surface area contributed by atoms with Crippen molar-refractivity contribution in [2.75, 3.05) is 0 Å². The average Bonchev–Trinajstić information content (AvgIpc) is 2.12. The maximum absolute atomic E-state index is 12.7. The smallest absolute Gasteiger partial charge is 0.307 e. The first-order valence-electron chi connectivity index (χ1n) is 3.79. The van der Waals surface area contributed by atoms with Gasteiger partial charge in [-0.1, -0.05) is 0 Å². The van der Waals surface area contributed by atoms with E-state index in [2.05, 4.69) is 4.98 Å². The number of halogens is 3. The highest BCUT2D eigenvalue weighted by atomic mass is 19.3. The molecule has 0 amide bonds. The van der Waals surface area contributed by atoms with Crippen LogP contribution in [0.1, 0.15) is 17.6 Å². The topological polar surface area (TPSA) is 70.4 Å². The zero-order valence-corrected chi connectivity index (χ0v) is 7.25. The molecule has 0 unspecified atom stereocenters. The number of carboxylic acids is 1. The first kappa shape index (κ1) is 11.3. The molecule has 0 radical (unpaired) electrons. The van der Waals surface area contributed by atoms with Gasteiger partial charge in [0.05, 0.1) is 6.42 Å². The maximum Gasteiger partial charge on any atom is 0.307 e. The molecule has 7 heteroatoms. The Labute approximate surface area is 82.0 Å². The summed E-state index contributed by atoms with van der Waals surface area (Å²) in [6.45, 7) is 0. The van der Waals surface area contributed by atoms with E-state index in [1.54, 1.807) is 0 Å². The van der Waals surface area contributed by atoms with Crippen LogP contribution in [0.25, 0.3) is 0 Å². The SMILES string of the molecule is O=C(O)Cc1c(C(F)F)cnc(F)c1O. The van der Waals surface area contributed by atoms with Gasteiger partial charge in [0.25, 0.3) is 12.4 Å². The number of hydrogen-bond donors (Lipinski definition) is 2. The van der Waals surface area contributed by atoms with E-state index in [-0.39, 0.29) is 0 Å². The molecular formula is C8H6F3NO3. The van der Waals surface area contributed by atoms with E-state index in [1.165, 1.54) is 0 Å². The van der Waals surface area contributed by atoms with Crippen LogP contribution < -0.4 is 0 Å². The Morgan fingerprint density at radius 2 is 2.13 bits per heavy atom. The molecule has 15 heavy (non-hydrogen) atoms. The molecular weight excluding hydrogens is 215 g/mol. The number of nitrogens with zero attached hydrogens (tertiary/aromatic N) is 1. The normalized spacial score (nSPS) is 10.7. The number of aromatic nitrogens is 1. The molecule has 0 spiro atoms. The molecule has 1 aromatic rings. The summed E-state index contributed by atoms with van der Waals surface area (Å²) in [5.74, 6) is -3.95. The van der Waals surface area contributed by atoms with E-state index < -0.39 is 41.6 Å². The lowest BCUT2D eigenvalue weighted by Crippen LogP contribution is -2.06. The second kappa shape index (κ2) is 4.16. The van der Waals surface area contributed by atoms with Crippen LogP contribution in [0.3, 0.4) is 0 Å². The summed E-state index contributed by atoms with van der Waals surface area (Å²) in [4.78, 5) is 13.2. The molecule has 2 N–H and O–H groups in total. The number of carbonyl (C=O) groups is 1. The molecule has 4 nitrogen and oxygen atoms in total. The fourth-order valence-electron chi connectivity index (χ4n) is 1.05. The third-order valence-corrected chi connectivity index (χ3v) is 1.71. The van der Waals surface area contributed by atoms with E-state index in [0.29, 0.717) is 6.20 Å². The number of aromatic hydroxyl groups is 1. The molecule has 82 valence electrons. The lowest BCUT2D eigenvalue weighted by Gasteiger charge is -2.08. The molecule has 0 aliphatic heterocycles. The van der Waals surface area contributed by atoms with E-state index >= 15 is 0 Å². The molecule has 0 saturated carbocycles. The van der Waals surface area contributed by atoms with Crippen molar-refractivity contribution in [3.63, 3.8) is 0 Å². The van der Waals surface area contributed by atoms with Crippen molar-refractivity contribution in [1.82, 2.24) is 4.98 Å². The molecule has 0 fully saturated rings. The van der Waals surface area contributed by atoms with Crippen LogP contribution in [-0.4, -0.2) is 21.2 Å². The minimum Gasteiger partial charge on any atom is -0.503 e. The lowest BCUT2D eigenvalue weighted by molar-refractivity contribution is -0.136. The van der Waals surface area contributed by atoms with Crippen molar-refractivity contribution in [2.45, 2.75) is 12.8 Å². The number of hydrogen-bond acceptors (Lipinski definition) is 3. The number of pyridine rings is 1. The number of rotatable bonds is 3. The minimum atomic E-state index is -3.02.